The summed E-state index contributed by atoms with van der Waals surface area (Å²) in [5.74, 6) is -0.491. The Morgan fingerprint density at radius 3 is 2.20 bits per heavy atom. The van der Waals surface area contributed by atoms with Gasteiger partial charge in [-0.05, 0) is 17.5 Å². The normalized spacial score (nSPS) is 12.1. The predicted octanol–water partition coefficient (Wildman–Crippen LogP) is 3.62. The van der Waals surface area contributed by atoms with E-state index in [1.165, 1.54) is 11.8 Å². The molecule has 4 heteroatoms. The Morgan fingerprint density at radius 1 is 1.20 bits per heavy atom. The van der Waals surface area contributed by atoms with Gasteiger partial charge in [-0.1, -0.05) is 56.9 Å². The second-order valence-corrected chi connectivity index (χ2v) is 10.9. The van der Waals surface area contributed by atoms with E-state index in [0.717, 1.165) is 0 Å². The number of benzene rings is 1. The average Bonchev–Trinajstić information content (AvgIpc) is 2.37. The van der Waals surface area contributed by atoms with Gasteiger partial charge in [-0.3, -0.25) is 4.89 Å². The van der Waals surface area contributed by atoms with Gasteiger partial charge in [-0.15, -0.1) is 6.58 Å². The highest BCUT2D eigenvalue weighted by molar-refractivity contribution is 6.93. The van der Waals surface area contributed by atoms with Gasteiger partial charge in [0.25, 0.3) is 0 Å². The predicted molar refractivity (Wildman–Crippen MR) is 84.0 cm³/mol. The molecule has 0 fully saturated rings. The fourth-order valence-electron chi connectivity index (χ4n) is 1.41. The van der Waals surface area contributed by atoms with Crippen LogP contribution in [-0.4, -0.2) is 14.0 Å². The summed E-state index contributed by atoms with van der Waals surface area (Å²) < 4.78 is 0. The molecule has 0 aliphatic rings. The lowest BCUT2D eigenvalue weighted by atomic mass is 9.99. The van der Waals surface area contributed by atoms with Gasteiger partial charge in [0.05, 0.1) is 5.56 Å². The van der Waals surface area contributed by atoms with Crippen molar-refractivity contribution in [1.29, 1.82) is 0 Å². The highest BCUT2D eigenvalue weighted by Gasteiger charge is 2.20. The third kappa shape index (κ3) is 4.94. The van der Waals surface area contributed by atoms with Crippen LogP contribution in [0, 0.1) is 12.0 Å². The Bertz CT molecular complexity index is 469. The van der Waals surface area contributed by atoms with Crippen molar-refractivity contribution in [1.82, 2.24) is 0 Å². The van der Waals surface area contributed by atoms with Crippen molar-refractivity contribution < 1.29 is 14.6 Å². The molecule has 1 rings (SSSR count). The number of carbonyl (C=O) groups is 1. The molecule has 20 heavy (non-hydrogen) atoms. The summed E-state index contributed by atoms with van der Waals surface area (Å²) in [6.07, 6.45) is 0. The number of hydrogen-bond donors (Lipinski definition) is 0. The first-order valence-electron chi connectivity index (χ1n) is 6.62. The van der Waals surface area contributed by atoms with E-state index in [9.17, 15) is 4.79 Å². The molecular weight excluding hydrogens is 268 g/mol. The largest absolute Gasteiger partial charge is 0.373 e. The first kappa shape index (κ1) is 16.7. The zero-order valence-electron chi connectivity index (χ0n) is 12.9. The van der Waals surface area contributed by atoms with Crippen LogP contribution >= 0.6 is 0 Å². The van der Waals surface area contributed by atoms with Crippen LogP contribution in [0.1, 0.15) is 31.1 Å². The van der Waals surface area contributed by atoms with E-state index in [-0.39, 0.29) is 5.41 Å². The molecule has 0 bridgehead atoms. The molecule has 0 aliphatic carbocycles. The summed E-state index contributed by atoms with van der Waals surface area (Å²) in [4.78, 5) is 21.4. The third-order valence-corrected chi connectivity index (χ3v) is 5.74. The highest BCUT2D eigenvalue weighted by atomic mass is 28.3. The zero-order chi connectivity index (χ0) is 15.4. The number of carbonyl (C=O) groups excluding carboxylic acids is 1. The van der Waals surface area contributed by atoms with Gasteiger partial charge in [-0.25, -0.2) is 4.79 Å². The lowest BCUT2D eigenvalue weighted by Gasteiger charge is -2.18. The zero-order valence-corrected chi connectivity index (χ0v) is 13.9. The molecule has 0 aromatic heterocycles. The van der Waals surface area contributed by atoms with Crippen LogP contribution in [0.2, 0.25) is 13.1 Å². The van der Waals surface area contributed by atoms with Gasteiger partial charge < -0.3 is 0 Å². The Labute approximate surface area is 122 Å². The van der Waals surface area contributed by atoms with E-state index in [1.54, 1.807) is 12.1 Å². The Balaban J connectivity index is 2.65. The standard InChI is InChI=1S/C16H23O3Si/c1-7-20(5,6)14-10-8-13(9-11-14)15(17)19-18-12-16(2,3)4/h7-12H,1H2,2-6H3. The molecule has 1 aromatic carbocycles. The van der Waals surface area contributed by atoms with Gasteiger partial charge in [0.1, 0.15) is 14.7 Å². The smallest absolute Gasteiger partial charge is 0.292 e. The first-order valence-corrected chi connectivity index (χ1v) is 9.69. The second-order valence-electron chi connectivity index (χ2n) is 6.45. The molecule has 0 unspecified atom stereocenters. The van der Waals surface area contributed by atoms with E-state index in [1.807, 2.05) is 38.6 Å². The molecule has 0 amide bonds. The minimum atomic E-state index is -1.59. The lowest BCUT2D eigenvalue weighted by Crippen LogP contribution is -2.39. The quantitative estimate of drug-likeness (QED) is 0.472. The number of hydrogen-bond acceptors (Lipinski definition) is 3. The van der Waals surface area contributed by atoms with Crippen LogP contribution < -0.4 is 5.19 Å². The fraction of sp³-hybridized carbons (Fsp3) is 0.375. The summed E-state index contributed by atoms with van der Waals surface area (Å²) in [5.41, 5.74) is 2.33. The second kappa shape index (κ2) is 6.37. The molecule has 1 aromatic rings. The van der Waals surface area contributed by atoms with Gasteiger partial charge >= 0.3 is 5.97 Å². The first-order chi connectivity index (χ1) is 9.15. The Kier molecular flexibility index (Phi) is 5.31. The van der Waals surface area contributed by atoms with Crippen LogP contribution in [0.4, 0.5) is 0 Å². The maximum absolute atomic E-state index is 11.8. The topological polar surface area (TPSA) is 35.5 Å². The molecular formula is C16H23O3Si. The van der Waals surface area contributed by atoms with Crippen LogP contribution in [0.5, 0.6) is 0 Å². The van der Waals surface area contributed by atoms with Crippen LogP contribution in [-0.2, 0) is 9.78 Å². The molecule has 109 valence electrons. The molecule has 0 N–H and O–H groups in total. The van der Waals surface area contributed by atoms with Crippen molar-refractivity contribution in [3.05, 3.63) is 48.7 Å². The summed E-state index contributed by atoms with van der Waals surface area (Å²) in [5, 5.41) is 1.23. The Morgan fingerprint density at radius 2 is 1.75 bits per heavy atom. The monoisotopic (exact) mass is 291 g/mol. The van der Waals surface area contributed by atoms with Crippen LogP contribution in [0.15, 0.2) is 36.5 Å². The van der Waals surface area contributed by atoms with Crippen LogP contribution in [0.3, 0.4) is 0 Å². The van der Waals surface area contributed by atoms with Crippen LogP contribution in [0.25, 0.3) is 0 Å². The maximum Gasteiger partial charge on any atom is 0.373 e. The minimum absolute atomic E-state index is 0.163. The van der Waals surface area contributed by atoms with E-state index in [2.05, 4.69) is 19.7 Å². The highest BCUT2D eigenvalue weighted by Crippen LogP contribution is 2.18. The average molecular weight is 291 g/mol. The summed E-state index contributed by atoms with van der Waals surface area (Å²) in [6.45, 7) is 15.6. The molecule has 0 aliphatic heterocycles. The van der Waals surface area contributed by atoms with E-state index < -0.39 is 14.0 Å². The van der Waals surface area contributed by atoms with Crippen molar-refractivity contribution in [2.45, 2.75) is 33.9 Å². The van der Waals surface area contributed by atoms with E-state index in [4.69, 9.17) is 9.78 Å². The summed E-state index contributed by atoms with van der Waals surface area (Å²) in [7, 11) is -1.59. The van der Waals surface area contributed by atoms with Gasteiger partial charge in [0.15, 0.2) is 0 Å². The van der Waals surface area contributed by atoms with Gasteiger partial charge in [-0.2, -0.15) is 4.89 Å². The number of rotatable bonds is 5. The van der Waals surface area contributed by atoms with Crippen molar-refractivity contribution in [2.75, 3.05) is 0 Å². The minimum Gasteiger partial charge on any atom is -0.292 e. The molecule has 0 heterocycles. The van der Waals surface area contributed by atoms with Crippen molar-refractivity contribution in [2.24, 2.45) is 5.41 Å². The van der Waals surface area contributed by atoms with Gasteiger partial charge in [0, 0.05) is 0 Å². The molecule has 0 spiro atoms. The van der Waals surface area contributed by atoms with Crippen molar-refractivity contribution >= 4 is 19.2 Å². The molecule has 3 nitrogen and oxygen atoms in total. The maximum atomic E-state index is 11.8. The molecule has 0 saturated heterocycles. The van der Waals surface area contributed by atoms with E-state index >= 15 is 0 Å². The fourth-order valence-corrected chi connectivity index (χ4v) is 2.68. The summed E-state index contributed by atoms with van der Waals surface area (Å²) >= 11 is 0. The molecule has 1 radical (unpaired) electrons. The van der Waals surface area contributed by atoms with Gasteiger partial charge in [0.2, 0.25) is 0 Å². The third-order valence-electron chi connectivity index (χ3n) is 2.90. The van der Waals surface area contributed by atoms with Crippen molar-refractivity contribution in [3.8, 4) is 0 Å². The SMILES string of the molecule is C=C[Si](C)(C)c1ccc(C(=O)OO[CH]C(C)(C)C)cc1. The summed E-state index contributed by atoms with van der Waals surface area (Å²) in [6, 6.07) is 7.43. The van der Waals surface area contributed by atoms with Crippen molar-refractivity contribution in [3.63, 3.8) is 0 Å². The van der Waals surface area contributed by atoms with E-state index in [0.29, 0.717) is 5.56 Å². The molecule has 0 atom stereocenters. The lowest BCUT2D eigenvalue weighted by molar-refractivity contribution is -0.224. The Hall–Kier alpha value is -1.39. The molecule has 0 saturated carbocycles.